The van der Waals surface area contributed by atoms with Crippen molar-refractivity contribution in [2.45, 2.75) is 32.5 Å². The van der Waals surface area contributed by atoms with Gasteiger partial charge in [-0.25, -0.2) is 4.39 Å². The van der Waals surface area contributed by atoms with Crippen LogP contribution in [0.4, 0.5) is 10.1 Å². The van der Waals surface area contributed by atoms with Crippen LogP contribution in [-0.2, 0) is 0 Å². The van der Waals surface area contributed by atoms with E-state index in [1.54, 1.807) is 25.1 Å². The number of para-hydroxylation sites is 1. The summed E-state index contributed by atoms with van der Waals surface area (Å²) < 4.78 is 12.1. The van der Waals surface area contributed by atoms with E-state index in [1.807, 2.05) is 39.0 Å². The van der Waals surface area contributed by atoms with Crippen LogP contribution < -0.4 is 0 Å². The van der Waals surface area contributed by atoms with Gasteiger partial charge in [-0.2, -0.15) is 0 Å². The molecule has 0 amide bonds. The Morgan fingerprint density at radius 1 is 1.09 bits per heavy atom. The summed E-state index contributed by atoms with van der Waals surface area (Å²) in [4.78, 5) is 16.0. The van der Waals surface area contributed by atoms with E-state index in [1.165, 1.54) is 12.1 Å². The summed E-state index contributed by atoms with van der Waals surface area (Å²) in [7, 11) is 0. The minimum atomic E-state index is -0.171. The number of rotatable bonds is 3. The fraction of sp³-hybridized carbons (Fsp3) is 0.263. The predicted octanol–water partition coefficient (Wildman–Crippen LogP) is 5.90. The van der Waals surface area contributed by atoms with Crippen LogP contribution >= 0.6 is 15.9 Å². The highest BCUT2D eigenvalue weighted by atomic mass is 79.9. The van der Waals surface area contributed by atoms with Gasteiger partial charge in [0.15, 0.2) is 5.78 Å². The number of hydrogen-bond donors (Lipinski definition) is 0. The molecule has 4 heteroatoms. The Hall–Kier alpha value is -1.81. The van der Waals surface area contributed by atoms with E-state index in [9.17, 15) is 9.18 Å². The van der Waals surface area contributed by atoms with Crippen LogP contribution in [-0.4, -0.2) is 16.3 Å². The molecule has 2 aromatic rings. The first-order valence-electron chi connectivity index (χ1n) is 7.32. The van der Waals surface area contributed by atoms with Gasteiger partial charge in [0.1, 0.15) is 5.82 Å². The Kier molecular flexibility index (Phi) is 7.83. The fourth-order valence-corrected chi connectivity index (χ4v) is 1.78. The van der Waals surface area contributed by atoms with Crippen LogP contribution in [0.25, 0.3) is 0 Å². The molecule has 2 nitrogen and oxygen atoms in total. The number of carbonyl (C=O) groups excluding carboxylic acids is 1. The molecule has 0 aromatic heterocycles. The summed E-state index contributed by atoms with van der Waals surface area (Å²) in [5, 5.41) is 0. The number of Topliss-reactive ketones (excluding diaryl/α,β-unsaturated/α-hetero) is 1. The molecular formula is C19H21BrFNO. The number of benzene rings is 2. The molecule has 2 rings (SSSR count). The topological polar surface area (TPSA) is 29.4 Å². The third-order valence-corrected chi connectivity index (χ3v) is 3.83. The molecule has 2 aromatic carbocycles. The third-order valence-electron chi connectivity index (χ3n) is 3.17. The Bertz CT molecular complexity index is 657. The number of carbonyl (C=O) groups is 1. The van der Waals surface area contributed by atoms with E-state index in [-0.39, 0.29) is 16.4 Å². The van der Waals surface area contributed by atoms with Gasteiger partial charge in [-0.3, -0.25) is 9.79 Å². The zero-order chi connectivity index (χ0) is 17.4. The molecule has 0 aliphatic heterocycles. The van der Waals surface area contributed by atoms with E-state index >= 15 is 0 Å². The molecule has 0 fully saturated rings. The van der Waals surface area contributed by atoms with Crippen LogP contribution in [0.1, 0.15) is 36.7 Å². The van der Waals surface area contributed by atoms with Crippen molar-refractivity contribution < 1.29 is 9.18 Å². The van der Waals surface area contributed by atoms with E-state index in [4.69, 9.17) is 0 Å². The number of nitrogens with zero attached hydrogens (tertiary/aromatic N) is 1. The minimum absolute atomic E-state index is 0.0457. The van der Waals surface area contributed by atoms with Crippen LogP contribution in [0, 0.1) is 12.7 Å². The van der Waals surface area contributed by atoms with Crippen molar-refractivity contribution in [1.82, 2.24) is 0 Å². The van der Waals surface area contributed by atoms with Crippen LogP contribution in [0.15, 0.2) is 53.5 Å². The lowest BCUT2D eigenvalue weighted by atomic mass is 10.1. The van der Waals surface area contributed by atoms with Gasteiger partial charge in [0, 0.05) is 16.1 Å². The minimum Gasteiger partial charge on any atom is -0.294 e. The number of ketones is 1. The van der Waals surface area contributed by atoms with Gasteiger partial charge < -0.3 is 0 Å². The SMILES string of the molecule is CC(=O)c1ccccc1N=C(C)C(C)Br.Cc1ccc(F)cc1. The molecule has 0 aliphatic rings. The van der Waals surface area contributed by atoms with Crippen molar-refractivity contribution in [2.75, 3.05) is 0 Å². The molecule has 0 aliphatic carbocycles. The predicted molar refractivity (Wildman–Crippen MR) is 98.7 cm³/mol. The van der Waals surface area contributed by atoms with Gasteiger partial charge in [-0.15, -0.1) is 0 Å². The molecule has 0 radical (unpaired) electrons. The van der Waals surface area contributed by atoms with Crippen molar-refractivity contribution in [1.29, 1.82) is 0 Å². The monoisotopic (exact) mass is 377 g/mol. The summed E-state index contributed by atoms with van der Waals surface area (Å²) >= 11 is 3.44. The van der Waals surface area contributed by atoms with E-state index in [0.717, 1.165) is 17.0 Å². The molecule has 1 atom stereocenters. The van der Waals surface area contributed by atoms with E-state index < -0.39 is 0 Å². The number of hydrogen-bond acceptors (Lipinski definition) is 2. The molecular weight excluding hydrogens is 357 g/mol. The van der Waals surface area contributed by atoms with Crippen LogP contribution in [0.3, 0.4) is 0 Å². The van der Waals surface area contributed by atoms with Gasteiger partial charge in [0.25, 0.3) is 0 Å². The molecule has 0 bridgehead atoms. The maximum atomic E-state index is 12.1. The first-order chi connectivity index (χ1) is 10.8. The van der Waals surface area contributed by atoms with Crippen molar-refractivity contribution in [3.8, 4) is 0 Å². The van der Waals surface area contributed by atoms with Crippen molar-refractivity contribution >= 4 is 33.1 Å². The van der Waals surface area contributed by atoms with Gasteiger partial charge in [0.2, 0.25) is 0 Å². The Labute approximate surface area is 145 Å². The summed E-state index contributed by atoms with van der Waals surface area (Å²) in [5.41, 5.74) is 3.47. The lowest BCUT2D eigenvalue weighted by Crippen LogP contribution is -2.04. The fourth-order valence-electron chi connectivity index (χ4n) is 1.68. The highest BCUT2D eigenvalue weighted by molar-refractivity contribution is 9.10. The molecule has 0 saturated carbocycles. The second-order valence-corrected chi connectivity index (χ2v) is 6.61. The highest BCUT2D eigenvalue weighted by Gasteiger charge is 2.06. The largest absolute Gasteiger partial charge is 0.294 e. The Morgan fingerprint density at radius 2 is 1.65 bits per heavy atom. The summed E-state index contributed by atoms with van der Waals surface area (Å²) in [5.74, 6) is -0.125. The number of halogens is 2. The summed E-state index contributed by atoms with van der Waals surface area (Å²) in [6.45, 7) is 7.44. The molecule has 122 valence electrons. The molecule has 23 heavy (non-hydrogen) atoms. The summed E-state index contributed by atoms with van der Waals surface area (Å²) in [6.07, 6.45) is 0. The Balaban J connectivity index is 0.000000277. The molecule has 0 heterocycles. The van der Waals surface area contributed by atoms with Crippen LogP contribution in [0.5, 0.6) is 0 Å². The smallest absolute Gasteiger partial charge is 0.161 e. The first-order valence-corrected chi connectivity index (χ1v) is 8.24. The maximum Gasteiger partial charge on any atom is 0.161 e. The lowest BCUT2D eigenvalue weighted by molar-refractivity contribution is 0.101. The molecule has 0 saturated heterocycles. The second kappa shape index (κ2) is 9.36. The average Bonchev–Trinajstić information content (AvgIpc) is 2.51. The van der Waals surface area contributed by atoms with Gasteiger partial charge in [-0.1, -0.05) is 45.8 Å². The standard InChI is InChI=1S/C12H14BrNO.C7H7F/c1-8(13)9(2)14-12-7-5-4-6-11(12)10(3)15;1-6-2-4-7(8)5-3-6/h4-8H,1-3H3;2-5H,1H3. The zero-order valence-electron chi connectivity index (χ0n) is 13.8. The van der Waals surface area contributed by atoms with Crippen molar-refractivity contribution in [3.05, 3.63) is 65.5 Å². The van der Waals surface area contributed by atoms with Crippen molar-refractivity contribution in [2.24, 2.45) is 4.99 Å². The summed E-state index contributed by atoms with van der Waals surface area (Å²) in [6, 6.07) is 13.8. The number of aliphatic imine (C=N–C) groups is 1. The van der Waals surface area contributed by atoms with Gasteiger partial charge in [0.05, 0.1) is 5.69 Å². The van der Waals surface area contributed by atoms with Crippen LogP contribution in [0.2, 0.25) is 0 Å². The van der Waals surface area contributed by atoms with E-state index in [2.05, 4.69) is 20.9 Å². The second-order valence-electron chi connectivity index (χ2n) is 5.24. The zero-order valence-corrected chi connectivity index (χ0v) is 15.4. The van der Waals surface area contributed by atoms with Gasteiger partial charge >= 0.3 is 0 Å². The van der Waals surface area contributed by atoms with E-state index in [0.29, 0.717) is 5.56 Å². The van der Waals surface area contributed by atoms with Crippen molar-refractivity contribution in [3.63, 3.8) is 0 Å². The number of aryl methyl sites for hydroxylation is 1. The normalized spacial score (nSPS) is 12.2. The lowest BCUT2D eigenvalue weighted by Gasteiger charge is -2.05. The molecule has 1 unspecified atom stereocenters. The highest BCUT2D eigenvalue weighted by Crippen LogP contribution is 2.20. The quantitative estimate of drug-likeness (QED) is 0.372. The molecule has 0 N–H and O–H groups in total. The molecule has 0 spiro atoms. The van der Waals surface area contributed by atoms with Gasteiger partial charge in [-0.05, 0) is 52.0 Å². The third kappa shape index (κ3) is 6.87. The Morgan fingerprint density at radius 3 is 2.13 bits per heavy atom. The first kappa shape index (κ1) is 19.2. The number of alkyl halides is 1. The maximum absolute atomic E-state index is 12.1. The average molecular weight is 378 g/mol.